The van der Waals surface area contributed by atoms with E-state index >= 15 is 0 Å². The van der Waals surface area contributed by atoms with E-state index in [9.17, 15) is 24.4 Å². The number of benzene rings is 1. The van der Waals surface area contributed by atoms with Gasteiger partial charge >= 0.3 is 13.6 Å². The number of nitrogens with one attached hydrogen (secondary N) is 1. The van der Waals surface area contributed by atoms with Crippen molar-refractivity contribution in [2.45, 2.75) is 57.6 Å². The van der Waals surface area contributed by atoms with E-state index in [-0.39, 0.29) is 17.1 Å². The first-order valence-electron chi connectivity index (χ1n) is 12.8. The Bertz CT molecular complexity index is 1300. The molecule has 1 aromatic carbocycles. The summed E-state index contributed by atoms with van der Waals surface area (Å²) in [5.74, 6) is -1.55. The SMILES string of the molecule is [2H]C([2H])(O[P@@](=O)(C[C@@H](C)C(=O)OCCCC)Oc1ccccc1)[C@H]1O[C@@H](n2ccc(=O)[nH]c2=S)C(C)(O)[C@H]1O. The Balaban J connectivity index is 1.89. The van der Waals surface area contributed by atoms with Gasteiger partial charge in [0, 0.05) is 12.3 Å². The maximum absolute atomic E-state index is 14.0. The summed E-state index contributed by atoms with van der Waals surface area (Å²) in [6.07, 6.45) is -3.09. The van der Waals surface area contributed by atoms with E-state index in [4.69, 9.17) is 33.5 Å². The smallest absolute Gasteiger partial charge is 0.380 e. The van der Waals surface area contributed by atoms with Crippen LogP contribution < -0.4 is 10.1 Å². The highest BCUT2D eigenvalue weighted by Gasteiger charge is 2.53. The average molecular weight is 559 g/mol. The number of hydrogen-bond donors (Lipinski definition) is 3. The molecule has 3 rings (SSSR count). The van der Waals surface area contributed by atoms with Gasteiger partial charge in [0.05, 0.1) is 28.0 Å². The molecule has 0 aliphatic carbocycles. The molecule has 1 unspecified atom stereocenters. The lowest BCUT2D eigenvalue weighted by Crippen LogP contribution is -2.44. The fourth-order valence-corrected chi connectivity index (χ4v) is 5.56. The lowest BCUT2D eigenvalue weighted by molar-refractivity contribution is -0.147. The lowest BCUT2D eigenvalue weighted by atomic mass is 9.96. The van der Waals surface area contributed by atoms with Gasteiger partial charge in [-0.05, 0) is 37.7 Å². The molecule has 0 saturated carbocycles. The van der Waals surface area contributed by atoms with Crippen molar-refractivity contribution in [1.29, 1.82) is 0 Å². The van der Waals surface area contributed by atoms with Crippen molar-refractivity contribution < 1.29 is 40.8 Å². The van der Waals surface area contributed by atoms with E-state index in [1.54, 1.807) is 18.2 Å². The van der Waals surface area contributed by atoms with Crippen LogP contribution >= 0.6 is 19.8 Å². The van der Waals surface area contributed by atoms with E-state index in [2.05, 4.69) is 4.98 Å². The molecular formula is C24H33N2O9PS. The Morgan fingerprint density at radius 2 is 2.08 bits per heavy atom. The third kappa shape index (κ3) is 7.37. The standard InChI is InChI=1S/C24H33N2O9PS/c1-4-5-13-32-21(29)16(2)15-36(31,35-17-9-7-6-8-10-17)33-14-18-20(28)24(3,30)22(34-18)26-12-11-19(27)25-23(26)37/h6-12,16,18,20,22,28,30H,4-5,13-15H2,1-3H3,(H,25,27,37)/t16-,18-,20+,22-,24?,36+/m1/s1/i14D2. The van der Waals surface area contributed by atoms with Crippen LogP contribution in [0.2, 0.25) is 0 Å². The van der Waals surface area contributed by atoms with Crippen molar-refractivity contribution in [3.05, 3.63) is 57.7 Å². The summed E-state index contributed by atoms with van der Waals surface area (Å²) < 4.78 is 54.0. The van der Waals surface area contributed by atoms with Crippen LogP contribution in [-0.4, -0.2) is 62.9 Å². The molecule has 1 saturated heterocycles. The number of esters is 1. The van der Waals surface area contributed by atoms with Crippen LogP contribution in [0.5, 0.6) is 5.75 Å². The predicted octanol–water partition coefficient (Wildman–Crippen LogP) is 3.18. The molecule has 0 radical (unpaired) electrons. The average Bonchev–Trinajstić information content (AvgIpc) is 3.08. The van der Waals surface area contributed by atoms with Gasteiger partial charge in [0.2, 0.25) is 0 Å². The maximum atomic E-state index is 14.0. The van der Waals surface area contributed by atoms with Gasteiger partial charge in [-0.3, -0.25) is 23.7 Å². The Hall–Kier alpha value is -2.34. The Morgan fingerprint density at radius 3 is 2.73 bits per heavy atom. The molecule has 37 heavy (non-hydrogen) atoms. The van der Waals surface area contributed by atoms with E-state index in [0.29, 0.717) is 6.42 Å². The molecule has 11 nitrogen and oxygen atoms in total. The molecule has 13 heteroatoms. The van der Waals surface area contributed by atoms with Crippen LogP contribution in [0.4, 0.5) is 0 Å². The molecule has 1 fully saturated rings. The number of aromatic amines is 1. The van der Waals surface area contributed by atoms with Crippen molar-refractivity contribution in [2.24, 2.45) is 5.92 Å². The molecule has 204 valence electrons. The predicted molar refractivity (Wildman–Crippen MR) is 137 cm³/mol. The van der Waals surface area contributed by atoms with Gasteiger partial charge < -0.3 is 24.2 Å². The first-order valence-corrected chi connectivity index (χ1v) is 13.9. The number of carbonyl (C=O) groups is 1. The topological polar surface area (TPSA) is 149 Å². The molecule has 0 spiro atoms. The number of hydrogen-bond acceptors (Lipinski definition) is 10. The van der Waals surface area contributed by atoms with E-state index in [1.165, 1.54) is 32.2 Å². The van der Waals surface area contributed by atoms with Crippen LogP contribution in [0, 0.1) is 10.7 Å². The molecule has 2 heterocycles. The third-order valence-electron chi connectivity index (χ3n) is 5.70. The number of nitrogens with zero attached hydrogens (tertiary/aromatic N) is 1. The number of para-hydroxylation sites is 1. The van der Waals surface area contributed by atoms with Crippen LogP contribution in [0.15, 0.2) is 47.4 Å². The molecule has 6 atom stereocenters. The second-order valence-electron chi connectivity index (χ2n) is 8.93. The molecule has 1 aliphatic rings. The number of aliphatic hydroxyl groups is 2. The van der Waals surface area contributed by atoms with E-state index in [0.717, 1.165) is 17.1 Å². The summed E-state index contributed by atoms with van der Waals surface area (Å²) >= 11 is 5.12. The molecule has 1 aromatic heterocycles. The highest BCUT2D eigenvalue weighted by Crippen LogP contribution is 2.51. The number of carbonyl (C=O) groups excluding carboxylic acids is 1. The zero-order valence-electron chi connectivity index (χ0n) is 22.7. The zero-order valence-corrected chi connectivity index (χ0v) is 22.4. The van der Waals surface area contributed by atoms with Crippen molar-refractivity contribution in [3.63, 3.8) is 0 Å². The maximum Gasteiger partial charge on any atom is 0.380 e. The van der Waals surface area contributed by atoms with Crippen LogP contribution in [0.1, 0.15) is 42.6 Å². The van der Waals surface area contributed by atoms with Crippen molar-refractivity contribution in [2.75, 3.05) is 19.3 Å². The molecular weight excluding hydrogens is 523 g/mol. The molecule has 0 bridgehead atoms. The number of ether oxygens (including phenoxy) is 2. The monoisotopic (exact) mass is 558 g/mol. The first kappa shape index (κ1) is 26.3. The van der Waals surface area contributed by atoms with Crippen LogP contribution in [0.3, 0.4) is 0 Å². The number of aromatic nitrogens is 2. The molecule has 2 aromatic rings. The van der Waals surface area contributed by atoms with Crippen LogP contribution in [-0.2, 0) is 23.4 Å². The number of aliphatic hydroxyl groups excluding tert-OH is 1. The van der Waals surface area contributed by atoms with Crippen molar-refractivity contribution >= 4 is 25.8 Å². The Kier molecular flexibility index (Phi) is 8.85. The molecule has 3 N–H and O–H groups in total. The first-order chi connectivity index (χ1) is 18.2. The minimum atomic E-state index is -4.46. The fourth-order valence-electron chi connectivity index (χ4n) is 3.59. The van der Waals surface area contributed by atoms with E-state index in [1.807, 2.05) is 6.92 Å². The zero-order chi connectivity index (χ0) is 29.0. The Morgan fingerprint density at radius 1 is 1.38 bits per heavy atom. The second-order valence-corrected chi connectivity index (χ2v) is 11.3. The summed E-state index contributed by atoms with van der Waals surface area (Å²) in [7, 11) is -4.46. The van der Waals surface area contributed by atoms with Gasteiger partial charge in [-0.1, -0.05) is 38.5 Å². The van der Waals surface area contributed by atoms with E-state index < -0.39 is 61.8 Å². The number of unbranched alkanes of at least 4 members (excludes halogenated alkanes) is 1. The Labute approximate surface area is 222 Å². The van der Waals surface area contributed by atoms with Crippen molar-refractivity contribution in [3.8, 4) is 5.75 Å². The normalized spacial score (nSPS) is 27.0. The summed E-state index contributed by atoms with van der Waals surface area (Å²) in [6, 6.07) is 8.98. The fraction of sp³-hybridized carbons (Fsp3) is 0.542. The summed E-state index contributed by atoms with van der Waals surface area (Å²) in [6.45, 7) is 1.75. The van der Waals surface area contributed by atoms with Crippen LogP contribution in [0.25, 0.3) is 0 Å². The minimum absolute atomic E-state index is 0.0977. The van der Waals surface area contributed by atoms with Gasteiger partial charge in [-0.2, -0.15) is 0 Å². The number of rotatable bonds is 12. The third-order valence-corrected chi connectivity index (χ3v) is 7.88. The highest BCUT2D eigenvalue weighted by molar-refractivity contribution is 7.71. The minimum Gasteiger partial charge on any atom is -0.465 e. The number of H-pyrrole nitrogens is 1. The summed E-state index contributed by atoms with van der Waals surface area (Å²) in [5.41, 5.74) is -2.62. The molecule has 1 aliphatic heterocycles. The molecule has 0 amide bonds. The van der Waals surface area contributed by atoms with Gasteiger partial charge in [-0.25, -0.2) is 4.57 Å². The lowest BCUT2D eigenvalue weighted by Gasteiger charge is -2.28. The van der Waals surface area contributed by atoms with Gasteiger partial charge in [0.15, 0.2) is 11.0 Å². The largest absolute Gasteiger partial charge is 0.465 e. The van der Waals surface area contributed by atoms with Gasteiger partial charge in [0.25, 0.3) is 5.56 Å². The van der Waals surface area contributed by atoms with Gasteiger partial charge in [0.1, 0.15) is 23.6 Å². The summed E-state index contributed by atoms with van der Waals surface area (Å²) in [4.78, 5) is 26.4. The van der Waals surface area contributed by atoms with Crippen molar-refractivity contribution in [1.82, 2.24) is 9.55 Å². The van der Waals surface area contributed by atoms with Gasteiger partial charge in [-0.15, -0.1) is 0 Å². The quantitative estimate of drug-likeness (QED) is 0.153. The highest BCUT2D eigenvalue weighted by atomic mass is 32.1. The summed E-state index contributed by atoms with van der Waals surface area (Å²) in [5, 5.41) is 21.9. The second kappa shape index (κ2) is 12.5.